The van der Waals surface area contributed by atoms with E-state index >= 15 is 0 Å². The minimum absolute atomic E-state index is 0.0262. The van der Waals surface area contributed by atoms with Gasteiger partial charge in [-0.1, -0.05) is 62.7 Å². The largest absolute Gasteiger partial charge is 0.329 e. The van der Waals surface area contributed by atoms with Gasteiger partial charge in [0.15, 0.2) is 0 Å². The summed E-state index contributed by atoms with van der Waals surface area (Å²) in [6.07, 6.45) is 0. The number of nitrogens with zero attached hydrogens (tertiary/aromatic N) is 1. The molecule has 2 rings (SSSR count). The first-order valence-electron chi connectivity index (χ1n) is 8.56. The predicted octanol–water partition coefficient (Wildman–Crippen LogP) is 4.62. The number of carbonyl (C=O) groups is 2. The normalized spacial score (nSPS) is 11.1. The summed E-state index contributed by atoms with van der Waals surface area (Å²) >= 11 is 6.15. The van der Waals surface area contributed by atoms with Gasteiger partial charge in [0, 0.05) is 24.2 Å². The second-order valence-electron chi connectivity index (χ2n) is 7.34. The van der Waals surface area contributed by atoms with Gasteiger partial charge in [-0.15, -0.1) is 0 Å². The lowest BCUT2D eigenvalue weighted by molar-refractivity contribution is -0.133. The Bertz CT molecular complexity index is 779. The van der Waals surface area contributed by atoms with Gasteiger partial charge in [-0.2, -0.15) is 0 Å². The van der Waals surface area contributed by atoms with Crippen LogP contribution in [-0.4, -0.2) is 23.3 Å². The molecule has 0 radical (unpaired) electrons. The smallest absolute Gasteiger partial charge is 0.244 e. The van der Waals surface area contributed by atoms with Gasteiger partial charge < -0.3 is 10.2 Å². The summed E-state index contributed by atoms with van der Waals surface area (Å²) < 4.78 is 0. The first-order valence-corrected chi connectivity index (χ1v) is 8.94. The zero-order valence-electron chi connectivity index (χ0n) is 15.7. The van der Waals surface area contributed by atoms with Crippen LogP contribution in [0.25, 0.3) is 0 Å². The molecule has 0 bridgehead atoms. The highest BCUT2D eigenvalue weighted by Crippen LogP contribution is 2.23. The van der Waals surface area contributed by atoms with Crippen molar-refractivity contribution >= 4 is 29.1 Å². The van der Waals surface area contributed by atoms with E-state index in [0.717, 1.165) is 5.56 Å². The van der Waals surface area contributed by atoms with Gasteiger partial charge in [-0.05, 0) is 34.7 Å². The highest BCUT2D eigenvalue weighted by molar-refractivity contribution is 6.31. The summed E-state index contributed by atoms with van der Waals surface area (Å²) in [5, 5.41) is 3.42. The van der Waals surface area contributed by atoms with Crippen LogP contribution in [0.4, 0.5) is 5.69 Å². The molecule has 2 aromatic carbocycles. The fourth-order valence-corrected chi connectivity index (χ4v) is 2.73. The molecule has 5 heteroatoms. The van der Waals surface area contributed by atoms with Crippen molar-refractivity contribution in [3.8, 4) is 0 Å². The minimum atomic E-state index is -0.240. The predicted molar refractivity (Wildman–Crippen MR) is 106 cm³/mol. The number of amides is 2. The van der Waals surface area contributed by atoms with Gasteiger partial charge in [-0.3, -0.25) is 9.59 Å². The number of anilines is 1. The van der Waals surface area contributed by atoms with Crippen LogP contribution >= 0.6 is 11.6 Å². The lowest BCUT2D eigenvalue weighted by atomic mass is 9.87. The lowest BCUT2D eigenvalue weighted by Gasteiger charge is -2.22. The van der Waals surface area contributed by atoms with E-state index in [-0.39, 0.29) is 23.8 Å². The Hall–Kier alpha value is -2.33. The Balaban J connectivity index is 2.02. The average Bonchev–Trinajstić information content (AvgIpc) is 2.55. The van der Waals surface area contributed by atoms with Crippen molar-refractivity contribution in [1.82, 2.24) is 4.90 Å². The van der Waals surface area contributed by atoms with Crippen molar-refractivity contribution in [2.24, 2.45) is 0 Å². The molecule has 0 heterocycles. The molecule has 2 amide bonds. The zero-order valence-corrected chi connectivity index (χ0v) is 16.4. The van der Waals surface area contributed by atoms with Crippen LogP contribution in [0.15, 0.2) is 48.5 Å². The van der Waals surface area contributed by atoms with Crippen LogP contribution in [0.5, 0.6) is 0 Å². The van der Waals surface area contributed by atoms with Gasteiger partial charge in [0.05, 0.1) is 0 Å². The Morgan fingerprint density at radius 2 is 1.65 bits per heavy atom. The molecule has 1 N–H and O–H groups in total. The zero-order chi connectivity index (χ0) is 19.3. The molecule has 0 saturated carbocycles. The molecule has 0 fully saturated rings. The number of rotatable bonds is 5. The van der Waals surface area contributed by atoms with E-state index in [1.807, 2.05) is 42.5 Å². The van der Waals surface area contributed by atoms with E-state index in [2.05, 4.69) is 26.1 Å². The first-order chi connectivity index (χ1) is 12.2. The van der Waals surface area contributed by atoms with Crippen LogP contribution < -0.4 is 5.32 Å². The second kappa shape index (κ2) is 8.37. The van der Waals surface area contributed by atoms with Gasteiger partial charge in [0.2, 0.25) is 11.8 Å². The summed E-state index contributed by atoms with van der Waals surface area (Å²) in [7, 11) is 0. The molecule has 0 atom stereocenters. The van der Waals surface area contributed by atoms with Gasteiger partial charge in [-0.25, -0.2) is 0 Å². The van der Waals surface area contributed by atoms with E-state index in [1.54, 1.807) is 6.07 Å². The number of benzene rings is 2. The van der Waals surface area contributed by atoms with E-state index in [1.165, 1.54) is 17.4 Å². The Morgan fingerprint density at radius 3 is 2.19 bits per heavy atom. The van der Waals surface area contributed by atoms with Gasteiger partial charge in [0.25, 0.3) is 0 Å². The summed E-state index contributed by atoms with van der Waals surface area (Å²) in [6, 6.07) is 15.1. The van der Waals surface area contributed by atoms with Crippen molar-refractivity contribution in [1.29, 1.82) is 0 Å². The van der Waals surface area contributed by atoms with Crippen molar-refractivity contribution in [3.05, 3.63) is 64.7 Å². The van der Waals surface area contributed by atoms with E-state index in [4.69, 9.17) is 11.6 Å². The quantitative estimate of drug-likeness (QED) is 0.832. The maximum absolute atomic E-state index is 12.3. The number of hydrogen-bond acceptors (Lipinski definition) is 2. The number of carbonyl (C=O) groups excluding carboxylic acids is 2. The second-order valence-corrected chi connectivity index (χ2v) is 7.75. The molecule has 2 aromatic rings. The third kappa shape index (κ3) is 5.60. The monoisotopic (exact) mass is 372 g/mol. The summed E-state index contributed by atoms with van der Waals surface area (Å²) in [6.45, 7) is 8.13. The molecule has 0 aromatic heterocycles. The molecule has 0 aliphatic rings. The Kier molecular flexibility index (Phi) is 6.43. The van der Waals surface area contributed by atoms with E-state index in [9.17, 15) is 9.59 Å². The van der Waals surface area contributed by atoms with Crippen LogP contribution in [0.2, 0.25) is 5.02 Å². The number of halogens is 1. The number of nitrogens with one attached hydrogen (secondary N) is 1. The molecule has 0 saturated heterocycles. The topological polar surface area (TPSA) is 49.4 Å². The molecule has 138 valence electrons. The molecule has 4 nitrogen and oxygen atoms in total. The minimum Gasteiger partial charge on any atom is -0.329 e. The fourth-order valence-electron chi connectivity index (χ4n) is 2.54. The van der Waals surface area contributed by atoms with Crippen LogP contribution in [0, 0.1) is 0 Å². The summed E-state index contributed by atoms with van der Waals surface area (Å²) in [4.78, 5) is 25.7. The van der Waals surface area contributed by atoms with Crippen molar-refractivity contribution in [2.45, 2.75) is 39.7 Å². The number of hydrogen-bond donors (Lipinski definition) is 1. The Morgan fingerprint density at radius 1 is 1.04 bits per heavy atom. The molecule has 0 aliphatic heterocycles. The van der Waals surface area contributed by atoms with Gasteiger partial charge in [0.1, 0.15) is 6.54 Å². The molecular weight excluding hydrogens is 348 g/mol. The van der Waals surface area contributed by atoms with E-state index in [0.29, 0.717) is 17.3 Å². The maximum atomic E-state index is 12.3. The fraction of sp³-hybridized carbons (Fsp3) is 0.333. The third-order valence-electron chi connectivity index (χ3n) is 4.13. The molecular formula is C21H25ClN2O2. The maximum Gasteiger partial charge on any atom is 0.244 e. The van der Waals surface area contributed by atoms with Gasteiger partial charge >= 0.3 is 0 Å². The average molecular weight is 373 g/mol. The highest BCUT2D eigenvalue weighted by Gasteiger charge is 2.16. The van der Waals surface area contributed by atoms with Crippen molar-refractivity contribution in [3.63, 3.8) is 0 Å². The van der Waals surface area contributed by atoms with Crippen molar-refractivity contribution in [2.75, 3.05) is 11.9 Å². The summed E-state index contributed by atoms with van der Waals surface area (Å²) in [5.41, 5.74) is 2.78. The molecule has 26 heavy (non-hydrogen) atoms. The van der Waals surface area contributed by atoms with Crippen molar-refractivity contribution < 1.29 is 9.59 Å². The first kappa shape index (κ1) is 20.0. The van der Waals surface area contributed by atoms with Crippen LogP contribution in [0.1, 0.15) is 38.8 Å². The van der Waals surface area contributed by atoms with E-state index < -0.39 is 0 Å². The molecule has 0 unspecified atom stereocenters. The van der Waals surface area contributed by atoms with Crippen LogP contribution in [0.3, 0.4) is 0 Å². The molecule has 0 spiro atoms. The SMILES string of the molecule is CC(=O)N(CC(=O)Nc1ccc(C(C)(C)C)cc1)Cc1ccccc1Cl. The highest BCUT2D eigenvalue weighted by atomic mass is 35.5. The summed E-state index contributed by atoms with van der Waals surface area (Å²) in [5.74, 6) is -0.418. The lowest BCUT2D eigenvalue weighted by Crippen LogP contribution is -2.36. The molecule has 0 aliphatic carbocycles. The Labute approximate surface area is 160 Å². The standard InChI is InChI=1S/C21H25ClN2O2/c1-15(25)24(13-16-7-5-6-8-19(16)22)14-20(26)23-18-11-9-17(10-12-18)21(2,3)4/h5-12H,13-14H2,1-4H3,(H,23,26). The van der Waals surface area contributed by atoms with Crippen LogP contribution in [-0.2, 0) is 21.5 Å². The third-order valence-corrected chi connectivity index (χ3v) is 4.50.